The van der Waals surface area contributed by atoms with Crippen LogP contribution in [0.15, 0.2) is 17.3 Å². The van der Waals surface area contributed by atoms with Crippen molar-refractivity contribution in [2.45, 2.75) is 18.4 Å². The van der Waals surface area contributed by atoms with Crippen molar-refractivity contribution >= 4 is 16.0 Å². The Morgan fingerprint density at radius 1 is 1.35 bits per heavy atom. The predicted octanol–water partition coefficient (Wildman–Crippen LogP) is -0.706. The first kappa shape index (κ1) is 14.9. The summed E-state index contributed by atoms with van der Waals surface area (Å²) in [5.74, 6) is -1.06. The fourth-order valence-electron chi connectivity index (χ4n) is 2.14. The molecule has 1 fully saturated rings. The Hall–Kier alpha value is -1.45. The summed E-state index contributed by atoms with van der Waals surface area (Å²) in [5, 5.41) is 12.4. The second-order valence-corrected chi connectivity index (χ2v) is 6.54. The minimum absolute atomic E-state index is 0.0451. The van der Waals surface area contributed by atoms with Gasteiger partial charge in [-0.1, -0.05) is 6.92 Å². The zero-order chi connectivity index (χ0) is 14.8. The molecule has 1 aromatic rings. The fourth-order valence-corrected chi connectivity index (χ4v) is 3.52. The highest BCUT2D eigenvalue weighted by molar-refractivity contribution is 7.89. The van der Waals surface area contributed by atoms with Gasteiger partial charge in [0.05, 0.1) is 6.20 Å². The average molecular weight is 302 g/mol. The van der Waals surface area contributed by atoms with Crippen LogP contribution in [0.3, 0.4) is 0 Å². The molecule has 0 saturated carbocycles. The van der Waals surface area contributed by atoms with E-state index < -0.39 is 16.0 Å². The number of hydrogen-bond acceptors (Lipinski definition) is 5. The van der Waals surface area contributed by atoms with Gasteiger partial charge in [0.15, 0.2) is 0 Å². The molecule has 1 saturated heterocycles. The normalized spacial score (nSPS) is 18.2. The summed E-state index contributed by atoms with van der Waals surface area (Å²) in [6, 6.07) is 0. The first-order valence-electron chi connectivity index (χ1n) is 6.40. The van der Waals surface area contributed by atoms with Gasteiger partial charge in [0.2, 0.25) is 10.0 Å². The van der Waals surface area contributed by atoms with E-state index in [0.717, 1.165) is 11.2 Å². The summed E-state index contributed by atoms with van der Waals surface area (Å²) in [4.78, 5) is 12.8. The molecule has 2 rings (SSSR count). The molecule has 1 N–H and O–H groups in total. The van der Waals surface area contributed by atoms with E-state index in [-0.39, 0.29) is 11.4 Å². The summed E-state index contributed by atoms with van der Waals surface area (Å²) < 4.78 is 27.3. The smallest absolute Gasteiger partial charge is 0.325 e. The first-order valence-corrected chi connectivity index (χ1v) is 7.84. The summed E-state index contributed by atoms with van der Waals surface area (Å²) in [6.07, 6.45) is 2.46. The molecule has 0 aliphatic carbocycles. The molecule has 1 aliphatic heterocycles. The van der Waals surface area contributed by atoms with Crippen LogP contribution in [-0.4, -0.2) is 71.2 Å². The molecular formula is C11H18N4O4S. The maximum Gasteiger partial charge on any atom is 0.325 e. The van der Waals surface area contributed by atoms with Gasteiger partial charge in [-0.05, 0) is 6.54 Å². The highest BCUT2D eigenvalue weighted by Gasteiger charge is 2.29. The Bertz CT molecular complexity index is 575. The van der Waals surface area contributed by atoms with Crippen molar-refractivity contribution in [2.24, 2.45) is 0 Å². The summed E-state index contributed by atoms with van der Waals surface area (Å²) in [6.45, 7) is 4.90. The molecule has 20 heavy (non-hydrogen) atoms. The molecule has 112 valence electrons. The van der Waals surface area contributed by atoms with E-state index in [0.29, 0.717) is 26.2 Å². The topological polar surface area (TPSA) is 95.7 Å². The van der Waals surface area contributed by atoms with Crippen LogP contribution in [0.2, 0.25) is 0 Å². The van der Waals surface area contributed by atoms with Gasteiger partial charge in [-0.15, -0.1) is 0 Å². The van der Waals surface area contributed by atoms with Crippen LogP contribution >= 0.6 is 0 Å². The lowest BCUT2D eigenvalue weighted by Crippen LogP contribution is -2.48. The third-order valence-electron chi connectivity index (χ3n) is 3.32. The third-order valence-corrected chi connectivity index (χ3v) is 5.17. The van der Waals surface area contributed by atoms with Crippen LogP contribution in [0.25, 0.3) is 0 Å². The molecule has 0 radical (unpaired) electrons. The monoisotopic (exact) mass is 302 g/mol. The van der Waals surface area contributed by atoms with Crippen molar-refractivity contribution < 1.29 is 18.3 Å². The number of likely N-dealkylation sites (N-methyl/N-ethyl adjacent to an activating group) is 1. The number of carboxylic acid groups (broad SMARTS) is 1. The lowest BCUT2D eigenvalue weighted by atomic mass is 10.4. The Labute approximate surface area is 117 Å². The van der Waals surface area contributed by atoms with Gasteiger partial charge >= 0.3 is 5.97 Å². The summed E-state index contributed by atoms with van der Waals surface area (Å²) in [5.41, 5.74) is 0. The van der Waals surface area contributed by atoms with Crippen LogP contribution in [0, 0.1) is 0 Å². The molecule has 8 nitrogen and oxygen atoms in total. The molecule has 0 bridgehead atoms. The second-order valence-electron chi connectivity index (χ2n) is 4.61. The number of piperazine rings is 1. The molecule has 1 aliphatic rings. The van der Waals surface area contributed by atoms with Crippen molar-refractivity contribution in [1.82, 2.24) is 19.0 Å². The van der Waals surface area contributed by atoms with Gasteiger partial charge in [-0.3, -0.25) is 9.48 Å². The maximum absolute atomic E-state index is 12.4. The highest BCUT2D eigenvalue weighted by atomic mass is 32.2. The average Bonchev–Trinajstić information content (AvgIpc) is 2.87. The Balaban J connectivity index is 2.10. The second kappa shape index (κ2) is 5.90. The minimum Gasteiger partial charge on any atom is -0.480 e. The molecule has 0 amide bonds. The van der Waals surface area contributed by atoms with Crippen molar-refractivity contribution in [3.05, 3.63) is 12.4 Å². The van der Waals surface area contributed by atoms with Crippen molar-refractivity contribution in [2.75, 3.05) is 32.7 Å². The largest absolute Gasteiger partial charge is 0.480 e. The Morgan fingerprint density at radius 3 is 2.55 bits per heavy atom. The molecule has 0 aromatic carbocycles. The highest BCUT2D eigenvalue weighted by Crippen LogP contribution is 2.16. The van der Waals surface area contributed by atoms with E-state index in [1.165, 1.54) is 16.7 Å². The van der Waals surface area contributed by atoms with Crippen LogP contribution < -0.4 is 0 Å². The number of aliphatic carboxylic acids is 1. The van der Waals surface area contributed by atoms with Crippen molar-refractivity contribution in [3.63, 3.8) is 0 Å². The lowest BCUT2D eigenvalue weighted by Gasteiger charge is -2.32. The number of rotatable bonds is 5. The van der Waals surface area contributed by atoms with Crippen LogP contribution in [0.5, 0.6) is 0 Å². The quantitative estimate of drug-likeness (QED) is 0.772. The number of aromatic nitrogens is 2. The number of sulfonamides is 1. The number of carboxylic acids is 1. The van der Waals surface area contributed by atoms with Crippen LogP contribution in [0.4, 0.5) is 0 Å². The van der Waals surface area contributed by atoms with Crippen molar-refractivity contribution in [3.8, 4) is 0 Å². The first-order chi connectivity index (χ1) is 9.43. The maximum atomic E-state index is 12.4. The van der Waals surface area contributed by atoms with Gasteiger partial charge in [0.1, 0.15) is 11.4 Å². The molecule has 0 spiro atoms. The van der Waals surface area contributed by atoms with E-state index in [1.54, 1.807) is 0 Å². The van der Waals surface area contributed by atoms with Crippen molar-refractivity contribution in [1.29, 1.82) is 0 Å². The molecule has 9 heteroatoms. The SMILES string of the molecule is CCN1CCN(S(=O)(=O)c2cnn(CC(=O)O)c2)CC1. The van der Waals surface area contributed by atoms with Gasteiger partial charge in [-0.25, -0.2) is 8.42 Å². The fraction of sp³-hybridized carbons (Fsp3) is 0.636. The molecule has 1 aromatic heterocycles. The molecule has 2 heterocycles. The predicted molar refractivity (Wildman–Crippen MR) is 70.7 cm³/mol. The number of carbonyl (C=O) groups is 1. The Kier molecular flexibility index (Phi) is 4.41. The van der Waals surface area contributed by atoms with E-state index >= 15 is 0 Å². The molecule has 0 atom stereocenters. The van der Waals surface area contributed by atoms with E-state index in [4.69, 9.17) is 5.11 Å². The third kappa shape index (κ3) is 3.17. The molecular weight excluding hydrogens is 284 g/mol. The van der Waals surface area contributed by atoms with Gasteiger partial charge in [0.25, 0.3) is 0 Å². The van der Waals surface area contributed by atoms with E-state index in [2.05, 4.69) is 10.00 Å². The number of nitrogens with zero attached hydrogens (tertiary/aromatic N) is 4. The standard InChI is InChI=1S/C11H18N4O4S/c1-2-13-3-5-15(6-4-13)20(18,19)10-7-12-14(8-10)9-11(16)17/h7-8H,2-6,9H2,1H3,(H,16,17). The van der Waals surface area contributed by atoms with Gasteiger partial charge in [-0.2, -0.15) is 9.40 Å². The van der Waals surface area contributed by atoms with Gasteiger partial charge < -0.3 is 10.0 Å². The Morgan fingerprint density at radius 2 is 2.00 bits per heavy atom. The van der Waals surface area contributed by atoms with Crippen LogP contribution in [0.1, 0.15) is 6.92 Å². The van der Waals surface area contributed by atoms with E-state index in [1.807, 2.05) is 6.92 Å². The summed E-state index contributed by atoms with van der Waals surface area (Å²) >= 11 is 0. The lowest BCUT2D eigenvalue weighted by molar-refractivity contribution is -0.137. The van der Waals surface area contributed by atoms with Gasteiger partial charge in [0, 0.05) is 32.4 Å². The number of hydrogen-bond donors (Lipinski definition) is 1. The van der Waals surface area contributed by atoms with E-state index in [9.17, 15) is 13.2 Å². The van der Waals surface area contributed by atoms with Crippen LogP contribution in [-0.2, 0) is 21.4 Å². The summed E-state index contributed by atoms with van der Waals surface area (Å²) in [7, 11) is -3.58. The minimum atomic E-state index is -3.58. The zero-order valence-corrected chi connectivity index (χ0v) is 12.1. The zero-order valence-electron chi connectivity index (χ0n) is 11.3. The molecule has 0 unspecified atom stereocenters.